The zero-order valence-electron chi connectivity index (χ0n) is 17.6. The summed E-state index contributed by atoms with van der Waals surface area (Å²) in [5, 5.41) is 10.9. The molecule has 162 valence electrons. The second-order valence-corrected chi connectivity index (χ2v) is 10.3. The monoisotopic (exact) mass is 426 g/mol. The fourth-order valence-electron chi connectivity index (χ4n) is 1.83. The van der Waals surface area contributed by atoms with E-state index in [1.54, 1.807) is 33.1 Å². The third kappa shape index (κ3) is 14.1. The molecule has 0 aliphatic heterocycles. The van der Waals surface area contributed by atoms with E-state index in [0.717, 1.165) is 30.4 Å². The van der Waals surface area contributed by atoms with Gasteiger partial charge in [-0.3, -0.25) is 9.59 Å². The Hall–Kier alpha value is -0.653. The Labute approximate surface area is 169 Å². The smallest absolute Gasteiger partial charge is 0.395 e. The molecule has 2 amide bonds. The molecule has 10 heteroatoms. The topological polar surface area (TPSA) is 120 Å². The SMILES string of the molecule is CCC(C)C(=O)NCCO.CO[Si](CCCSCC(C)C(N)=O)(OC)OC. The van der Waals surface area contributed by atoms with Crippen molar-refractivity contribution in [3.63, 3.8) is 0 Å². The minimum atomic E-state index is -2.42. The Morgan fingerprint density at radius 3 is 2.11 bits per heavy atom. The maximum Gasteiger partial charge on any atom is 0.500 e. The highest BCUT2D eigenvalue weighted by Gasteiger charge is 2.36. The van der Waals surface area contributed by atoms with Crippen LogP contribution in [0.5, 0.6) is 0 Å². The highest BCUT2D eigenvalue weighted by atomic mass is 32.2. The quantitative estimate of drug-likeness (QED) is 0.282. The molecule has 0 fully saturated rings. The van der Waals surface area contributed by atoms with Gasteiger partial charge in [0, 0.05) is 51.5 Å². The van der Waals surface area contributed by atoms with Gasteiger partial charge in [-0.05, 0) is 18.6 Å². The summed E-state index contributed by atoms with van der Waals surface area (Å²) in [7, 11) is 2.42. The van der Waals surface area contributed by atoms with Crippen molar-refractivity contribution in [3.8, 4) is 0 Å². The molecule has 2 atom stereocenters. The maximum absolute atomic E-state index is 10.9. The molecule has 0 heterocycles. The number of amides is 2. The van der Waals surface area contributed by atoms with E-state index < -0.39 is 8.80 Å². The van der Waals surface area contributed by atoms with Gasteiger partial charge in [0.1, 0.15) is 0 Å². The van der Waals surface area contributed by atoms with Crippen molar-refractivity contribution < 1.29 is 28.0 Å². The van der Waals surface area contributed by atoms with E-state index in [0.29, 0.717) is 6.54 Å². The average molecular weight is 427 g/mol. The van der Waals surface area contributed by atoms with Crippen LogP contribution >= 0.6 is 11.8 Å². The number of hydrogen-bond acceptors (Lipinski definition) is 7. The second kappa shape index (κ2) is 17.4. The van der Waals surface area contributed by atoms with Crippen LogP contribution in [0.2, 0.25) is 6.04 Å². The standard InChI is InChI=1S/C10H23NO4SSi.C7H15NO2/c1-9(10(11)12)8-16-6-5-7-17(13-2,14-3)15-4;1-3-6(2)7(10)8-4-5-9/h9H,5-8H2,1-4H3,(H2,11,12);6,9H,3-5H2,1-2H3,(H,8,10). The molecule has 0 aliphatic rings. The van der Waals surface area contributed by atoms with Crippen LogP contribution in [-0.4, -0.2) is 71.7 Å². The van der Waals surface area contributed by atoms with Gasteiger partial charge < -0.3 is 29.4 Å². The lowest BCUT2D eigenvalue weighted by molar-refractivity contribution is -0.124. The summed E-state index contributed by atoms with van der Waals surface area (Å²) in [6, 6.07) is 0.786. The summed E-state index contributed by atoms with van der Waals surface area (Å²) in [5.74, 6) is 1.48. The van der Waals surface area contributed by atoms with Gasteiger partial charge in [-0.15, -0.1) is 0 Å². The Bertz CT molecular complexity index is 391. The van der Waals surface area contributed by atoms with Gasteiger partial charge in [0.15, 0.2) is 0 Å². The van der Waals surface area contributed by atoms with E-state index in [1.807, 2.05) is 20.8 Å². The van der Waals surface area contributed by atoms with Crippen molar-refractivity contribution in [2.75, 3.05) is 46.0 Å². The van der Waals surface area contributed by atoms with E-state index in [2.05, 4.69) is 5.32 Å². The van der Waals surface area contributed by atoms with Crippen LogP contribution in [0, 0.1) is 11.8 Å². The predicted molar refractivity (Wildman–Crippen MR) is 111 cm³/mol. The van der Waals surface area contributed by atoms with Gasteiger partial charge in [0.05, 0.1) is 6.61 Å². The largest absolute Gasteiger partial charge is 0.500 e. The summed E-state index contributed by atoms with van der Waals surface area (Å²) in [5.41, 5.74) is 5.18. The third-order valence-corrected chi connectivity index (χ3v) is 8.17. The number of thioether (sulfide) groups is 1. The van der Waals surface area contributed by atoms with E-state index in [-0.39, 0.29) is 30.3 Å². The first-order valence-electron chi connectivity index (χ1n) is 9.14. The van der Waals surface area contributed by atoms with E-state index in [4.69, 9.17) is 24.1 Å². The Balaban J connectivity index is 0. The molecule has 0 saturated carbocycles. The van der Waals surface area contributed by atoms with Crippen LogP contribution in [0.4, 0.5) is 0 Å². The van der Waals surface area contributed by atoms with Crippen LogP contribution < -0.4 is 11.1 Å². The lowest BCUT2D eigenvalue weighted by Gasteiger charge is -2.24. The number of nitrogens with two attached hydrogens (primary N) is 1. The fourth-order valence-corrected chi connectivity index (χ4v) is 4.84. The third-order valence-electron chi connectivity index (χ3n) is 4.03. The van der Waals surface area contributed by atoms with E-state index >= 15 is 0 Å². The van der Waals surface area contributed by atoms with Gasteiger partial charge >= 0.3 is 8.80 Å². The zero-order valence-corrected chi connectivity index (χ0v) is 19.4. The summed E-state index contributed by atoms with van der Waals surface area (Å²) >= 11 is 1.72. The van der Waals surface area contributed by atoms with Crippen LogP contribution in [-0.2, 0) is 22.9 Å². The van der Waals surface area contributed by atoms with Crippen molar-refractivity contribution in [3.05, 3.63) is 0 Å². The molecular formula is C17H38N2O6SSi. The number of carbonyl (C=O) groups excluding carboxylic acids is 2. The molecule has 0 aromatic heterocycles. The molecule has 2 unspecified atom stereocenters. The van der Waals surface area contributed by atoms with Crippen LogP contribution in [0.15, 0.2) is 0 Å². The molecule has 8 nitrogen and oxygen atoms in total. The number of aliphatic hydroxyl groups excluding tert-OH is 1. The molecule has 0 saturated heterocycles. The number of hydrogen-bond donors (Lipinski definition) is 3. The highest BCUT2D eigenvalue weighted by molar-refractivity contribution is 7.99. The van der Waals surface area contributed by atoms with Crippen LogP contribution in [0.25, 0.3) is 0 Å². The van der Waals surface area contributed by atoms with Crippen molar-refractivity contribution in [1.82, 2.24) is 5.32 Å². The second-order valence-electron chi connectivity index (χ2n) is 6.10. The number of primary amides is 1. The molecule has 0 rings (SSSR count). The minimum absolute atomic E-state index is 0.0160. The molecule has 0 radical (unpaired) electrons. The maximum atomic E-state index is 10.9. The number of aliphatic hydroxyl groups is 1. The first-order valence-corrected chi connectivity index (χ1v) is 12.2. The Kier molecular flexibility index (Phi) is 18.5. The van der Waals surface area contributed by atoms with E-state index in [1.165, 1.54) is 0 Å². The van der Waals surface area contributed by atoms with Crippen molar-refractivity contribution in [1.29, 1.82) is 0 Å². The van der Waals surface area contributed by atoms with Crippen LogP contribution in [0.1, 0.15) is 33.6 Å². The highest BCUT2D eigenvalue weighted by Crippen LogP contribution is 2.18. The predicted octanol–water partition coefficient (Wildman–Crippen LogP) is 1.25. The Morgan fingerprint density at radius 2 is 1.70 bits per heavy atom. The first-order chi connectivity index (χ1) is 12.7. The molecule has 0 aromatic rings. The molecule has 0 bridgehead atoms. The van der Waals surface area contributed by atoms with Gasteiger partial charge in [0.2, 0.25) is 11.8 Å². The van der Waals surface area contributed by atoms with Gasteiger partial charge in [0.25, 0.3) is 0 Å². The summed E-state index contributed by atoms with van der Waals surface area (Å²) in [6.07, 6.45) is 1.79. The normalized spacial score (nSPS) is 13.3. The fraction of sp³-hybridized carbons (Fsp3) is 0.882. The number of rotatable bonds is 14. The molecule has 4 N–H and O–H groups in total. The lowest BCUT2D eigenvalue weighted by atomic mass is 10.1. The summed E-state index contributed by atoms with van der Waals surface area (Å²) in [6.45, 7) is 6.05. The van der Waals surface area contributed by atoms with Gasteiger partial charge in [-0.25, -0.2) is 0 Å². The molecule has 0 aliphatic carbocycles. The minimum Gasteiger partial charge on any atom is -0.395 e. The summed E-state index contributed by atoms with van der Waals surface area (Å²) in [4.78, 5) is 21.7. The Morgan fingerprint density at radius 1 is 1.15 bits per heavy atom. The zero-order chi connectivity index (χ0) is 21.3. The number of nitrogens with one attached hydrogen (secondary N) is 1. The van der Waals surface area contributed by atoms with Gasteiger partial charge in [-0.2, -0.15) is 11.8 Å². The van der Waals surface area contributed by atoms with Crippen LogP contribution in [0.3, 0.4) is 0 Å². The molecular weight excluding hydrogens is 388 g/mol. The first kappa shape index (κ1) is 28.6. The van der Waals surface area contributed by atoms with Crippen molar-refractivity contribution in [2.24, 2.45) is 17.6 Å². The molecule has 0 aromatic carbocycles. The number of carbonyl (C=O) groups is 2. The van der Waals surface area contributed by atoms with Crippen molar-refractivity contribution >= 4 is 32.4 Å². The lowest BCUT2D eigenvalue weighted by Crippen LogP contribution is -2.42. The van der Waals surface area contributed by atoms with Crippen molar-refractivity contribution in [2.45, 2.75) is 39.7 Å². The molecule has 27 heavy (non-hydrogen) atoms. The average Bonchev–Trinajstić information content (AvgIpc) is 2.68. The molecule has 0 spiro atoms. The van der Waals surface area contributed by atoms with E-state index in [9.17, 15) is 9.59 Å². The summed E-state index contributed by atoms with van der Waals surface area (Å²) < 4.78 is 15.9. The van der Waals surface area contributed by atoms with Gasteiger partial charge in [-0.1, -0.05) is 20.8 Å².